The first kappa shape index (κ1) is 17.0. The van der Waals surface area contributed by atoms with E-state index in [2.05, 4.69) is 15.1 Å². The Bertz CT molecular complexity index is 1090. The number of aromatic nitrogens is 3. The van der Waals surface area contributed by atoms with E-state index in [1.165, 1.54) is 0 Å². The first-order chi connectivity index (χ1) is 13.2. The van der Waals surface area contributed by atoms with E-state index in [4.69, 9.17) is 14.0 Å². The molecule has 27 heavy (non-hydrogen) atoms. The van der Waals surface area contributed by atoms with Crippen molar-refractivity contribution in [2.75, 3.05) is 13.7 Å². The van der Waals surface area contributed by atoms with E-state index in [1.807, 2.05) is 62.4 Å². The lowest BCUT2D eigenvalue weighted by atomic mass is 10.1. The third-order valence-corrected chi connectivity index (χ3v) is 4.22. The quantitative estimate of drug-likeness (QED) is 0.514. The van der Waals surface area contributed by atoms with Gasteiger partial charge >= 0.3 is 0 Å². The molecule has 0 aliphatic carbocycles. The lowest BCUT2D eigenvalue weighted by molar-refractivity contribution is 0.329. The van der Waals surface area contributed by atoms with Gasteiger partial charge in [-0.15, -0.1) is 0 Å². The Hall–Kier alpha value is -3.41. The highest BCUT2D eigenvalue weighted by Gasteiger charge is 2.17. The fourth-order valence-corrected chi connectivity index (χ4v) is 2.85. The van der Waals surface area contributed by atoms with Crippen LogP contribution in [-0.2, 0) is 0 Å². The minimum atomic E-state index is 0.430. The average Bonchev–Trinajstić information content (AvgIpc) is 3.18. The maximum Gasteiger partial charge on any atom is 0.258 e. The number of hydrogen-bond donors (Lipinski definition) is 0. The Balaban J connectivity index is 1.78. The van der Waals surface area contributed by atoms with Crippen LogP contribution in [0.3, 0.4) is 0 Å². The molecule has 0 amide bonds. The number of aryl methyl sites for hydroxylation is 1. The van der Waals surface area contributed by atoms with Gasteiger partial charge in [-0.3, -0.25) is 0 Å². The minimum absolute atomic E-state index is 0.430. The summed E-state index contributed by atoms with van der Waals surface area (Å²) in [5.41, 5.74) is 3.54. The summed E-state index contributed by atoms with van der Waals surface area (Å²) in [5.74, 6) is 2.14. The number of ether oxygens (including phenoxy) is 2. The average molecular weight is 361 g/mol. The van der Waals surface area contributed by atoms with Crippen LogP contribution in [0.1, 0.15) is 12.5 Å². The van der Waals surface area contributed by atoms with Crippen LogP contribution in [0.2, 0.25) is 0 Å². The van der Waals surface area contributed by atoms with Crippen molar-refractivity contribution >= 4 is 10.9 Å². The molecule has 0 fully saturated rings. The molecular weight excluding hydrogens is 342 g/mol. The van der Waals surface area contributed by atoms with Crippen molar-refractivity contribution in [1.82, 2.24) is 15.1 Å². The number of nitrogens with zero attached hydrogens (tertiary/aromatic N) is 3. The molecule has 136 valence electrons. The number of pyridine rings is 1. The number of rotatable bonds is 5. The van der Waals surface area contributed by atoms with Gasteiger partial charge in [-0.1, -0.05) is 17.3 Å². The zero-order valence-electron chi connectivity index (χ0n) is 15.4. The molecule has 4 aromatic rings. The van der Waals surface area contributed by atoms with Crippen molar-refractivity contribution in [3.8, 4) is 34.5 Å². The highest BCUT2D eigenvalue weighted by atomic mass is 16.5. The number of fused-ring (bicyclic) bond motifs is 1. The van der Waals surface area contributed by atoms with Gasteiger partial charge in [0, 0.05) is 10.9 Å². The van der Waals surface area contributed by atoms with Crippen molar-refractivity contribution in [2.24, 2.45) is 0 Å². The lowest BCUT2D eigenvalue weighted by Gasteiger charge is -2.08. The minimum Gasteiger partial charge on any atom is -0.497 e. The fourth-order valence-electron chi connectivity index (χ4n) is 2.85. The van der Waals surface area contributed by atoms with E-state index in [-0.39, 0.29) is 0 Å². The lowest BCUT2D eigenvalue weighted by Crippen LogP contribution is -1.98. The molecule has 0 bridgehead atoms. The van der Waals surface area contributed by atoms with Crippen molar-refractivity contribution in [3.05, 3.63) is 54.1 Å². The first-order valence-corrected chi connectivity index (χ1v) is 8.70. The molecule has 0 radical (unpaired) electrons. The summed E-state index contributed by atoms with van der Waals surface area (Å²) in [5, 5.41) is 5.13. The molecule has 0 aliphatic rings. The fraction of sp³-hybridized carbons (Fsp3) is 0.190. The van der Waals surface area contributed by atoms with Gasteiger partial charge in [0.2, 0.25) is 11.7 Å². The Kier molecular flexibility index (Phi) is 4.46. The van der Waals surface area contributed by atoms with Crippen molar-refractivity contribution < 1.29 is 14.0 Å². The van der Waals surface area contributed by atoms with Crippen LogP contribution < -0.4 is 9.47 Å². The maximum atomic E-state index is 5.74. The number of benzene rings is 2. The summed E-state index contributed by atoms with van der Waals surface area (Å²) in [4.78, 5) is 9.18. The van der Waals surface area contributed by atoms with Crippen LogP contribution >= 0.6 is 0 Å². The van der Waals surface area contributed by atoms with Gasteiger partial charge in [-0.25, -0.2) is 4.98 Å². The predicted octanol–water partition coefficient (Wildman–Crippen LogP) is 4.67. The summed E-state index contributed by atoms with van der Waals surface area (Å²) >= 11 is 0. The molecule has 0 saturated carbocycles. The highest BCUT2D eigenvalue weighted by molar-refractivity contribution is 5.85. The number of methoxy groups -OCH3 is 1. The summed E-state index contributed by atoms with van der Waals surface area (Å²) in [6.07, 6.45) is 0. The molecule has 2 aromatic heterocycles. The van der Waals surface area contributed by atoms with E-state index in [9.17, 15) is 0 Å². The third kappa shape index (κ3) is 3.33. The van der Waals surface area contributed by atoms with E-state index in [0.717, 1.165) is 27.8 Å². The van der Waals surface area contributed by atoms with Crippen LogP contribution in [0, 0.1) is 6.92 Å². The monoisotopic (exact) mass is 361 g/mol. The van der Waals surface area contributed by atoms with Gasteiger partial charge in [-0.2, -0.15) is 4.98 Å². The molecule has 0 spiro atoms. The smallest absolute Gasteiger partial charge is 0.258 e. The standard InChI is InChI=1S/C21H19N3O3/c1-4-26-21-17(12-15-6-5-13(2)11-18(15)22-21)19-23-20(27-24-19)14-7-9-16(25-3)10-8-14/h5-12H,4H2,1-3H3. The van der Waals surface area contributed by atoms with Gasteiger partial charge < -0.3 is 14.0 Å². The number of hydrogen-bond acceptors (Lipinski definition) is 6. The van der Waals surface area contributed by atoms with Crippen LogP contribution in [-0.4, -0.2) is 28.8 Å². The summed E-state index contributed by atoms with van der Waals surface area (Å²) in [7, 11) is 1.63. The van der Waals surface area contributed by atoms with Crippen LogP contribution in [0.4, 0.5) is 0 Å². The van der Waals surface area contributed by atoms with Crippen LogP contribution in [0.25, 0.3) is 33.7 Å². The predicted molar refractivity (Wildman–Crippen MR) is 103 cm³/mol. The molecule has 6 nitrogen and oxygen atoms in total. The Morgan fingerprint density at radius 1 is 1.00 bits per heavy atom. The Morgan fingerprint density at radius 3 is 2.56 bits per heavy atom. The van der Waals surface area contributed by atoms with Crippen molar-refractivity contribution in [3.63, 3.8) is 0 Å². The molecular formula is C21H19N3O3. The second-order valence-electron chi connectivity index (χ2n) is 6.12. The maximum absolute atomic E-state index is 5.74. The molecule has 4 rings (SSSR count). The van der Waals surface area contributed by atoms with E-state index >= 15 is 0 Å². The zero-order valence-corrected chi connectivity index (χ0v) is 15.4. The van der Waals surface area contributed by atoms with Crippen LogP contribution in [0.5, 0.6) is 11.6 Å². The topological polar surface area (TPSA) is 70.3 Å². The highest BCUT2D eigenvalue weighted by Crippen LogP contribution is 2.32. The third-order valence-electron chi connectivity index (χ3n) is 4.22. The molecule has 0 N–H and O–H groups in total. The SMILES string of the molecule is CCOc1nc2cc(C)ccc2cc1-c1noc(-c2ccc(OC)cc2)n1. The molecule has 0 atom stereocenters. The Morgan fingerprint density at radius 2 is 1.81 bits per heavy atom. The second-order valence-corrected chi connectivity index (χ2v) is 6.12. The van der Waals surface area contributed by atoms with E-state index < -0.39 is 0 Å². The normalized spacial score (nSPS) is 10.9. The molecule has 0 aliphatic heterocycles. The van der Waals surface area contributed by atoms with Crippen molar-refractivity contribution in [2.45, 2.75) is 13.8 Å². The molecule has 2 heterocycles. The van der Waals surface area contributed by atoms with Crippen molar-refractivity contribution in [1.29, 1.82) is 0 Å². The summed E-state index contributed by atoms with van der Waals surface area (Å²) in [6, 6.07) is 15.5. The Labute approximate surface area is 156 Å². The molecule has 2 aromatic carbocycles. The van der Waals surface area contributed by atoms with Crippen LogP contribution in [0.15, 0.2) is 53.1 Å². The molecule has 6 heteroatoms. The van der Waals surface area contributed by atoms with E-state index in [1.54, 1.807) is 7.11 Å². The summed E-state index contributed by atoms with van der Waals surface area (Å²) < 4.78 is 16.4. The molecule has 0 saturated heterocycles. The summed E-state index contributed by atoms with van der Waals surface area (Å²) in [6.45, 7) is 4.46. The van der Waals surface area contributed by atoms with Gasteiger partial charge in [-0.05, 0) is 55.8 Å². The largest absolute Gasteiger partial charge is 0.497 e. The first-order valence-electron chi connectivity index (χ1n) is 8.70. The second kappa shape index (κ2) is 7.07. The molecule has 0 unspecified atom stereocenters. The van der Waals surface area contributed by atoms with E-state index in [0.29, 0.717) is 29.8 Å². The van der Waals surface area contributed by atoms with Gasteiger partial charge in [0.25, 0.3) is 5.89 Å². The van der Waals surface area contributed by atoms with Gasteiger partial charge in [0.15, 0.2) is 0 Å². The van der Waals surface area contributed by atoms with Gasteiger partial charge in [0.05, 0.1) is 24.8 Å². The van der Waals surface area contributed by atoms with Gasteiger partial charge in [0.1, 0.15) is 5.75 Å². The zero-order chi connectivity index (χ0) is 18.8.